The maximum Gasteiger partial charge on any atom is 0.225 e. The van der Waals surface area contributed by atoms with E-state index in [0.717, 1.165) is 22.2 Å². The van der Waals surface area contributed by atoms with Crippen molar-refractivity contribution in [2.75, 3.05) is 5.32 Å². The first-order chi connectivity index (χ1) is 11.5. The second-order valence-electron chi connectivity index (χ2n) is 6.01. The van der Waals surface area contributed by atoms with Gasteiger partial charge in [-0.3, -0.25) is 9.78 Å². The molecule has 0 saturated heterocycles. The Kier molecular flexibility index (Phi) is 4.81. The van der Waals surface area contributed by atoms with Crippen molar-refractivity contribution in [2.45, 2.75) is 26.2 Å². The number of nitrogens with one attached hydrogen (secondary N) is 1. The molecule has 122 valence electrons. The molecule has 0 bridgehead atoms. The summed E-state index contributed by atoms with van der Waals surface area (Å²) in [6, 6.07) is 17.5. The summed E-state index contributed by atoms with van der Waals surface area (Å²) in [5.41, 5.74) is 3.53. The molecule has 2 aromatic carbocycles. The Morgan fingerprint density at radius 3 is 2.62 bits per heavy atom. The first-order valence-corrected chi connectivity index (χ1v) is 8.33. The Labute approximate surface area is 146 Å². The highest BCUT2D eigenvalue weighted by atomic mass is 35.5. The van der Waals surface area contributed by atoms with Crippen molar-refractivity contribution >= 4 is 34.1 Å². The number of amides is 1. The second-order valence-corrected chi connectivity index (χ2v) is 6.41. The van der Waals surface area contributed by atoms with Crippen molar-refractivity contribution in [1.29, 1.82) is 0 Å². The standard InChI is InChI=1S/C20H19ClN2O/c1-13(15-6-4-3-5-7-15)12-19(24)23-20-16-9-8-14(2)22-18(16)11-10-17(20)21/h3-11,13H,12H2,1-2H3,(H,23,24). The zero-order valence-corrected chi connectivity index (χ0v) is 14.5. The third kappa shape index (κ3) is 3.57. The van der Waals surface area contributed by atoms with E-state index in [0.29, 0.717) is 17.1 Å². The van der Waals surface area contributed by atoms with Gasteiger partial charge in [0.1, 0.15) is 0 Å². The van der Waals surface area contributed by atoms with Crippen LogP contribution in [0.25, 0.3) is 10.9 Å². The summed E-state index contributed by atoms with van der Waals surface area (Å²) in [7, 11) is 0. The Hall–Kier alpha value is -2.39. The lowest BCUT2D eigenvalue weighted by atomic mass is 9.97. The number of nitrogens with zero attached hydrogens (tertiary/aromatic N) is 1. The van der Waals surface area contributed by atoms with Crippen LogP contribution >= 0.6 is 11.6 Å². The van der Waals surface area contributed by atoms with Crippen LogP contribution in [0.3, 0.4) is 0 Å². The highest BCUT2D eigenvalue weighted by Gasteiger charge is 2.14. The van der Waals surface area contributed by atoms with Crippen molar-refractivity contribution in [3.63, 3.8) is 0 Å². The van der Waals surface area contributed by atoms with Crippen LogP contribution in [0.5, 0.6) is 0 Å². The van der Waals surface area contributed by atoms with Gasteiger partial charge in [0.15, 0.2) is 0 Å². The number of fused-ring (bicyclic) bond motifs is 1. The number of aromatic nitrogens is 1. The van der Waals surface area contributed by atoms with E-state index in [4.69, 9.17) is 11.6 Å². The Morgan fingerprint density at radius 1 is 1.12 bits per heavy atom. The minimum absolute atomic E-state index is 0.0543. The number of hydrogen-bond donors (Lipinski definition) is 1. The van der Waals surface area contributed by atoms with Crippen molar-refractivity contribution < 1.29 is 4.79 Å². The molecule has 1 aromatic heterocycles. The minimum Gasteiger partial charge on any atom is -0.324 e. The molecule has 0 aliphatic carbocycles. The number of aryl methyl sites for hydroxylation is 1. The number of pyridine rings is 1. The second kappa shape index (κ2) is 7.02. The van der Waals surface area contributed by atoms with Gasteiger partial charge in [-0.1, -0.05) is 48.9 Å². The molecule has 0 aliphatic heterocycles. The quantitative estimate of drug-likeness (QED) is 0.698. The number of carbonyl (C=O) groups excluding carboxylic acids is 1. The van der Waals surface area contributed by atoms with Gasteiger partial charge in [-0.2, -0.15) is 0 Å². The lowest BCUT2D eigenvalue weighted by Gasteiger charge is -2.14. The zero-order valence-electron chi connectivity index (χ0n) is 13.7. The van der Waals surface area contributed by atoms with Gasteiger partial charge < -0.3 is 5.32 Å². The highest BCUT2D eigenvalue weighted by molar-refractivity contribution is 6.35. The molecule has 1 amide bonds. The summed E-state index contributed by atoms with van der Waals surface area (Å²) in [5, 5.41) is 4.34. The average Bonchev–Trinajstić information content (AvgIpc) is 2.58. The van der Waals surface area contributed by atoms with Gasteiger partial charge in [0.25, 0.3) is 0 Å². The Bertz CT molecular complexity index is 877. The largest absolute Gasteiger partial charge is 0.324 e. The molecule has 1 unspecified atom stereocenters. The maximum atomic E-state index is 12.5. The van der Waals surface area contributed by atoms with Crippen LogP contribution in [0.15, 0.2) is 54.6 Å². The summed E-state index contributed by atoms with van der Waals surface area (Å²) < 4.78 is 0. The number of benzene rings is 2. The average molecular weight is 339 g/mol. The first-order valence-electron chi connectivity index (χ1n) is 7.95. The molecule has 24 heavy (non-hydrogen) atoms. The maximum absolute atomic E-state index is 12.5. The fourth-order valence-electron chi connectivity index (χ4n) is 2.77. The summed E-state index contributed by atoms with van der Waals surface area (Å²) in [4.78, 5) is 17.0. The molecule has 3 nitrogen and oxygen atoms in total. The topological polar surface area (TPSA) is 42.0 Å². The smallest absolute Gasteiger partial charge is 0.225 e. The van der Waals surface area contributed by atoms with Crippen LogP contribution in [0.4, 0.5) is 5.69 Å². The van der Waals surface area contributed by atoms with Crippen molar-refractivity contribution in [2.24, 2.45) is 0 Å². The van der Waals surface area contributed by atoms with Crippen LogP contribution in [0.1, 0.15) is 30.5 Å². The molecule has 4 heteroatoms. The molecule has 0 fully saturated rings. The van der Waals surface area contributed by atoms with Gasteiger partial charge in [0, 0.05) is 17.5 Å². The van der Waals surface area contributed by atoms with E-state index in [9.17, 15) is 4.79 Å². The van der Waals surface area contributed by atoms with Crippen LogP contribution in [0, 0.1) is 6.92 Å². The lowest BCUT2D eigenvalue weighted by Crippen LogP contribution is -2.15. The number of carbonyl (C=O) groups is 1. The van der Waals surface area contributed by atoms with Crippen LogP contribution in [-0.2, 0) is 4.79 Å². The highest BCUT2D eigenvalue weighted by Crippen LogP contribution is 2.31. The van der Waals surface area contributed by atoms with E-state index in [1.165, 1.54) is 0 Å². The summed E-state index contributed by atoms with van der Waals surface area (Å²) in [6.07, 6.45) is 0.399. The summed E-state index contributed by atoms with van der Waals surface area (Å²) in [5.74, 6) is 0.0849. The number of rotatable bonds is 4. The van der Waals surface area contributed by atoms with E-state index < -0.39 is 0 Å². The Balaban J connectivity index is 1.82. The molecule has 0 aliphatic rings. The number of halogens is 1. The van der Waals surface area contributed by atoms with Crippen LogP contribution in [-0.4, -0.2) is 10.9 Å². The van der Waals surface area contributed by atoms with Gasteiger partial charge >= 0.3 is 0 Å². The minimum atomic E-state index is -0.0543. The predicted molar refractivity (Wildman–Crippen MR) is 99.6 cm³/mol. The SMILES string of the molecule is Cc1ccc2c(NC(=O)CC(C)c3ccccc3)c(Cl)ccc2n1. The van der Waals surface area contributed by atoms with E-state index in [1.54, 1.807) is 6.07 Å². The molecule has 1 atom stereocenters. The van der Waals surface area contributed by atoms with Crippen LogP contribution < -0.4 is 5.32 Å². The number of hydrogen-bond acceptors (Lipinski definition) is 2. The molecule has 1 heterocycles. The molecule has 0 spiro atoms. The van der Waals surface area contributed by atoms with Gasteiger partial charge in [-0.25, -0.2) is 0 Å². The van der Waals surface area contributed by atoms with Gasteiger partial charge in [-0.05, 0) is 42.7 Å². The fraction of sp³-hybridized carbons (Fsp3) is 0.200. The first kappa shape index (κ1) is 16.5. The molecule has 3 rings (SSSR count). The molecule has 0 radical (unpaired) electrons. The normalized spacial score (nSPS) is 12.1. The monoisotopic (exact) mass is 338 g/mol. The van der Waals surface area contributed by atoms with E-state index in [2.05, 4.69) is 10.3 Å². The number of anilines is 1. The molecular formula is C20H19ClN2O. The third-order valence-electron chi connectivity index (χ3n) is 4.08. The van der Waals surface area contributed by atoms with E-state index >= 15 is 0 Å². The lowest BCUT2D eigenvalue weighted by molar-refractivity contribution is -0.116. The van der Waals surface area contributed by atoms with Gasteiger partial charge in [0.05, 0.1) is 16.2 Å². The van der Waals surface area contributed by atoms with Crippen molar-refractivity contribution in [3.8, 4) is 0 Å². The van der Waals surface area contributed by atoms with Crippen molar-refractivity contribution in [3.05, 3.63) is 70.9 Å². The fourth-order valence-corrected chi connectivity index (χ4v) is 2.99. The van der Waals surface area contributed by atoms with Crippen LogP contribution in [0.2, 0.25) is 5.02 Å². The van der Waals surface area contributed by atoms with Gasteiger partial charge in [-0.15, -0.1) is 0 Å². The van der Waals surface area contributed by atoms with E-state index in [-0.39, 0.29) is 11.8 Å². The molecule has 1 N–H and O–H groups in total. The van der Waals surface area contributed by atoms with E-state index in [1.807, 2.05) is 62.4 Å². The van der Waals surface area contributed by atoms with Gasteiger partial charge in [0.2, 0.25) is 5.91 Å². The van der Waals surface area contributed by atoms with Crippen molar-refractivity contribution in [1.82, 2.24) is 4.98 Å². The summed E-state index contributed by atoms with van der Waals surface area (Å²) in [6.45, 7) is 3.98. The zero-order chi connectivity index (χ0) is 17.1. The molecule has 0 saturated carbocycles. The molecular weight excluding hydrogens is 320 g/mol. The Morgan fingerprint density at radius 2 is 1.88 bits per heavy atom. The third-order valence-corrected chi connectivity index (χ3v) is 4.40. The molecule has 3 aromatic rings. The predicted octanol–water partition coefficient (Wildman–Crippen LogP) is 5.33. The summed E-state index contributed by atoms with van der Waals surface area (Å²) >= 11 is 6.30.